The van der Waals surface area contributed by atoms with Crippen molar-refractivity contribution in [1.29, 1.82) is 0 Å². The van der Waals surface area contributed by atoms with Gasteiger partial charge in [0.25, 0.3) is 10.0 Å². The quantitative estimate of drug-likeness (QED) is 0.878. The predicted molar refractivity (Wildman–Crippen MR) is 93.0 cm³/mol. The van der Waals surface area contributed by atoms with E-state index < -0.39 is 16.1 Å². The van der Waals surface area contributed by atoms with Crippen LogP contribution in [0.4, 0.5) is 5.88 Å². The van der Waals surface area contributed by atoms with Crippen molar-refractivity contribution in [2.24, 2.45) is 0 Å². The number of nitrogens with zero attached hydrogens (tertiary/aromatic N) is 2. The first-order valence-corrected chi connectivity index (χ1v) is 10.7. The van der Waals surface area contributed by atoms with Crippen LogP contribution in [0.1, 0.15) is 36.9 Å². The van der Waals surface area contributed by atoms with E-state index in [-0.39, 0.29) is 10.1 Å². The smallest absolute Gasteiger partial charge is 0.253 e. The van der Waals surface area contributed by atoms with Crippen molar-refractivity contribution in [3.05, 3.63) is 28.8 Å². The van der Waals surface area contributed by atoms with Gasteiger partial charge >= 0.3 is 0 Å². The summed E-state index contributed by atoms with van der Waals surface area (Å²) in [4.78, 5) is 12.7. The van der Waals surface area contributed by atoms with E-state index in [2.05, 4.69) is 10.5 Å². The number of carbonyl (C=O) groups excluding carboxylic acids is 1. The van der Waals surface area contributed by atoms with Gasteiger partial charge in [0.1, 0.15) is 10.3 Å². The van der Waals surface area contributed by atoms with E-state index in [0.29, 0.717) is 25.3 Å². The Balaban J connectivity index is 1.54. The van der Waals surface area contributed by atoms with E-state index in [4.69, 9.17) is 4.52 Å². The number of hydrogen-bond acceptors (Lipinski definition) is 6. The van der Waals surface area contributed by atoms with Gasteiger partial charge in [-0.25, -0.2) is 8.42 Å². The van der Waals surface area contributed by atoms with Crippen LogP contribution >= 0.6 is 11.3 Å². The van der Waals surface area contributed by atoms with E-state index in [1.165, 1.54) is 4.31 Å². The van der Waals surface area contributed by atoms with Crippen LogP contribution in [-0.2, 0) is 27.7 Å². The van der Waals surface area contributed by atoms with Crippen molar-refractivity contribution in [3.8, 4) is 0 Å². The molecule has 0 spiro atoms. The molecule has 0 radical (unpaired) electrons. The Morgan fingerprint density at radius 3 is 2.96 bits per heavy atom. The Morgan fingerprint density at radius 2 is 2.16 bits per heavy atom. The van der Waals surface area contributed by atoms with E-state index in [9.17, 15) is 13.2 Å². The highest BCUT2D eigenvalue weighted by molar-refractivity contribution is 7.91. The summed E-state index contributed by atoms with van der Waals surface area (Å²) in [5.74, 6) is 0.0298. The SMILES string of the molecule is O=C(Nc1onc2c1CCCC2)[C@H]1CCCN1S(=O)(=O)c1cccs1. The Morgan fingerprint density at radius 1 is 1.32 bits per heavy atom. The highest BCUT2D eigenvalue weighted by Crippen LogP contribution is 2.31. The van der Waals surface area contributed by atoms with E-state index in [1.54, 1.807) is 17.5 Å². The van der Waals surface area contributed by atoms with E-state index in [0.717, 1.165) is 48.3 Å². The number of thiophene rings is 1. The molecule has 3 heterocycles. The summed E-state index contributed by atoms with van der Waals surface area (Å²) in [6.45, 7) is 0.354. The third-order valence-corrected chi connectivity index (χ3v) is 8.04. The van der Waals surface area contributed by atoms with E-state index >= 15 is 0 Å². The first kappa shape index (κ1) is 16.7. The first-order chi connectivity index (χ1) is 12.1. The lowest BCUT2D eigenvalue weighted by atomic mass is 9.97. The molecule has 1 aliphatic carbocycles. The van der Waals surface area contributed by atoms with Gasteiger partial charge in [0.05, 0.1) is 5.69 Å². The molecule has 1 atom stereocenters. The average molecular weight is 381 g/mol. The van der Waals surface area contributed by atoms with Gasteiger partial charge in [-0.15, -0.1) is 11.3 Å². The standard InChI is InChI=1S/C16H19N3O4S2/c20-15(17-16-11-5-1-2-6-12(11)18-23-16)13-7-3-9-19(13)25(21,22)14-8-4-10-24-14/h4,8,10,13H,1-3,5-7,9H2,(H,17,20)/t13-/m1/s1. The topological polar surface area (TPSA) is 92.5 Å². The van der Waals surface area contributed by atoms with Crippen LogP contribution in [0, 0.1) is 0 Å². The van der Waals surface area contributed by atoms with Crippen molar-refractivity contribution in [2.45, 2.75) is 48.8 Å². The monoisotopic (exact) mass is 381 g/mol. The second-order valence-corrected chi connectivity index (χ2v) is 9.40. The zero-order chi connectivity index (χ0) is 17.4. The summed E-state index contributed by atoms with van der Waals surface area (Å²) in [5, 5.41) is 8.51. The van der Waals surface area contributed by atoms with Crippen molar-refractivity contribution < 1.29 is 17.7 Å². The fraction of sp³-hybridized carbons (Fsp3) is 0.500. The molecule has 0 unspecified atom stereocenters. The summed E-state index contributed by atoms with van der Waals surface area (Å²) in [5.41, 5.74) is 1.85. The second-order valence-electron chi connectivity index (χ2n) is 6.34. The van der Waals surface area contributed by atoms with Crippen molar-refractivity contribution in [3.63, 3.8) is 0 Å². The Bertz CT molecular complexity index is 873. The fourth-order valence-electron chi connectivity index (χ4n) is 3.50. The summed E-state index contributed by atoms with van der Waals surface area (Å²) in [7, 11) is -3.64. The Hall–Kier alpha value is -1.71. The molecule has 1 saturated heterocycles. The van der Waals surface area contributed by atoms with Crippen molar-refractivity contribution in [1.82, 2.24) is 9.46 Å². The second kappa shape index (κ2) is 6.54. The van der Waals surface area contributed by atoms with Gasteiger partial charge < -0.3 is 4.52 Å². The fourth-order valence-corrected chi connectivity index (χ4v) is 6.28. The van der Waals surface area contributed by atoms with Crippen LogP contribution in [0.3, 0.4) is 0 Å². The van der Waals surface area contributed by atoms with Crippen molar-refractivity contribution in [2.75, 3.05) is 11.9 Å². The van der Waals surface area contributed by atoms with Gasteiger partial charge in [-0.05, 0) is 50.0 Å². The normalized spacial score (nSPS) is 21.2. The van der Waals surface area contributed by atoms with Crippen LogP contribution in [0.5, 0.6) is 0 Å². The van der Waals surface area contributed by atoms with Gasteiger partial charge in [-0.2, -0.15) is 4.31 Å². The van der Waals surface area contributed by atoms with Crippen LogP contribution < -0.4 is 5.32 Å². The molecular formula is C16H19N3O4S2. The highest BCUT2D eigenvalue weighted by Gasteiger charge is 2.40. The number of aryl methyl sites for hydroxylation is 1. The third-order valence-electron chi connectivity index (χ3n) is 4.76. The van der Waals surface area contributed by atoms with Crippen LogP contribution in [0.25, 0.3) is 0 Å². The summed E-state index contributed by atoms with van der Waals surface area (Å²) >= 11 is 1.16. The number of aromatic nitrogens is 1. The molecular weight excluding hydrogens is 362 g/mol. The minimum Gasteiger partial charge on any atom is -0.338 e. The average Bonchev–Trinajstić information content (AvgIpc) is 3.35. The molecule has 2 aromatic rings. The van der Waals surface area contributed by atoms with Crippen LogP contribution in [0.2, 0.25) is 0 Å². The number of nitrogens with one attached hydrogen (secondary N) is 1. The largest absolute Gasteiger partial charge is 0.338 e. The summed E-state index contributed by atoms with van der Waals surface area (Å²) in [6.07, 6.45) is 4.97. The number of hydrogen-bond donors (Lipinski definition) is 1. The van der Waals surface area contributed by atoms with Gasteiger partial charge in [0, 0.05) is 12.1 Å². The number of anilines is 1. The molecule has 0 bridgehead atoms. The lowest BCUT2D eigenvalue weighted by Gasteiger charge is -2.22. The maximum absolute atomic E-state index is 12.8. The minimum atomic E-state index is -3.64. The lowest BCUT2D eigenvalue weighted by molar-refractivity contribution is -0.119. The number of carbonyl (C=O) groups is 1. The van der Waals surface area contributed by atoms with Crippen LogP contribution in [0.15, 0.2) is 26.2 Å². The van der Waals surface area contributed by atoms with Crippen LogP contribution in [-0.4, -0.2) is 36.4 Å². The van der Waals surface area contributed by atoms with Crippen molar-refractivity contribution >= 4 is 33.2 Å². The molecule has 0 saturated carbocycles. The van der Waals surface area contributed by atoms with E-state index in [1.807, 2.05) is 0 Å². The zero-order valence-electron chi connectivity index (χ0n) is 13.6. The first-order valence-electron chi connectivity index (χ1n) is 8.41. The molecule has 134 valence electrons. The summed E-state index contributed by atoms with van der Waals surface area (Å²) < 4.78 is 32.4. The maximum atomic E-state index is 12.8. The highest BCUT2D eigenvalue weighted by atomic mass is 32.2. The molecule has 2 aliphatic rings. The molecule has 1 N–H and O–H groups in total. The van der Waals surface area contributed by atoms with Gasteiger partial charge in [0.2, 0.25) is 11.8 Å². The van der Waals surface area contributed by atoms with Gasteiger partial charge in [-0.3, -0.25) is 10.1 Å². The third kappa shape index (κ3) is 3.00. The number of amides is 1. The Kier molecular flexibility index (Phi) is 4.38. The molecule has 9 heteroatoms. The van der Waals surface area contributed by atoms with Gasteiger partial charge in [-0.1, -0.05) is 11.2 Å². The molecule has 2 aromatic heterocycles. The molecule has 25 heavy (non-hydrogen) atoms. The molecule has 4 rings (SSSR count). The molecule has 7 nitrogen and oxygen atoms in total. The zero-order valence-corrected chi connectivity index (χ0v) is 15.2. The minimum absolute atomic E-state index is 0.268. The Labute approximate surface area is 150 Å². The molecule has 1 aliphatic heterocycles. The molecule has 1 amide bonds. The number of fused-ring (bicyclic) bond motifs is 1. The maximum Gasteiger partial charge on any atom is 0.253 e. The lowest BCUT2D eigenvalue weighted by Crippen LogP contribution is -2.42. The predicted octanol–water partition coefficient (Wildman–Crippen LogP) is 2.41. The van der Waals surface area contributed by atoms with Gasteiger partial charge in [0.15, 0.2) is 0 Å². The molecule has 0 aromatic carbocycles. The number of sulfonamides is 1. The summed E-state index contributed by atoms with van der Waals surface area (Å²) in [6, 6.07) is 2.56. The number of rotatable bonds is 4. The molecule has 1 fully saturated rings.